The van der Waals surface area contributed by atoms with E-state index in [9.17, 15) is 8.78 Å². The first kappa shape index (κ1) is 18.1. The molecule has 0 atom stereocenters. The van der Waals surface area contributed by atoms with Crippen molar-refractivity contribution in [1.82, 2.24) is 15.0 Å². The van der Waals surface area contributed by atoms with Crippen LogP contribution in [0.1, 0.15) is 5.56 Å². The number of pyridine rings is 1. The number of fused-ring (bicyclic) bond motifs is 1. The second kappa shape index (κ2) is 7.35. The summed E-state index contributed by atoms with van der Waals surface area (Å²) in [4.78, 5) is 10.5. The Kier molecular flexibility index (Phi) is 4.74. The lowest BCUT2D eigenvalue weighted by Crippen LogP contribution is -2.30. The summed E-state index contributed by atoms with van der Waals surface area (Å²) < 4.78 is 30.9. The van der Waals surface area contributed by atoms with Gasteiger partial charge in [0, 0.05) is 23.9 Å². The van der Waals surface area contributed by atoms with Gasteiger partial charge in [-0.3, -0.25) is 9.91 Å². The summed E-state index contributed by atoms with van der Waals surface area (Å²) in [6, 6.07) is 7.79. The van der Waals surface area contributed by atoms with Gasteiger partial charge >= 0.3 is 0 Å². The van der Waals surface area contributed by atoms with E-state index in [1.807, 2.05) is 36.1 Å². The zero-order chi connectivity index (χ0) is 19.7. The van der Waals surface area contributed by atoms with Gasteiger partial charge in [-0.05, 0) is 36.2 Å². The van der Waals surface area contributed by atoms with E-state index in [4.69, 9.17) is 10.2 Å². The van der Waals surface area contributed by atoms with Crippen LogP contribution in [-0.2, 0) is 0 Å². The van der Waals surface area contributed by atoms with E-state index in [0.717, 1.165) is 33.6 Å². The van der Waals surface area contributed by atoms with Crippen molar-refractivity contribution in [1.29, 1.82) is 0 Å². The lowest BCUT2D eigenvalue weighted by atomic mass is 10.1. The summed E-state index contributed by atoms with van der Waals surface area (Å²) >= 11 is 0. The maximum absolute atomic E-state index is 12.8. The van der Waals surface area contributed by atoms with Gasteiger partial charge in [-0.2, -0.15) is 13.9 Å². The molecule has 1 aromatic carbocycles. The number of aryl methyl sites for hydroxylation is 1. The highest BCUT2D eigenvalue weighted by Gasteiger charge is 2.20. The highest BCUT2D eigenvalue weighted by Crippen LogP contribution is 2.27. The second-order valence-electron chi connectivity index (χ2n) is 6.47. The standard InChI is InChI=1S/C19H18F2N6O/c1-12-4-14(13-2-3-17-16(5-13)24-10-28-17)7-23-19(12)26-9-25-27(11-26)8-15(6-22)18(20)21/h2-5,7,9-10H,6,8,11,22H2,1H3. The summed E-state index contributed by atoms with van der Waals surface area (Å²) in [7, 11) is 0. The van der Waals surface area contributed by atoms with E-state index >= 15 is 0 Å². The Balaban J connectivity index is 1.52. The predicted octanol–water partition coefficient (Wildman–Crippen LogP) is 3.33. The molecule has 7 nitrogen and oxygen atoms in total. The van der Waals surface area contributed by atoms with Crippen molar-refractivity contribution in [3.05, 3.63) is 54.1 Å². The fraction of sp³-hybridized carbons (Fsp3) is 0.211. The first-order chi connectivity index (χ1) is 13.5. The molecule has 4 rings (SSSR count). The number of hydrogen-bond donors (Lipinski definition) is 1. The predicted molar refractivity (Wildman–Crippen MR) is 103 cm³/mol. The molecule has 1 aliphatic rings. The van der Waals surface area contributed by atoms with Crippen LogP contribution in [0.25, 0.3) is 22.2 Å². The number of aromatic nitrogens is 2. The van der Waals surface area contributed by atoms with Crippen LogP contribution in [0.2, 0.25) is 0 Å². The van der Waals surface area contributed by atoms with Crippen LogP contribution in [0, 0.1) is 6.92 Å². The molecular formula is C19H18F2N6O. The molecule has 3 aromatic rings. The molecule has 2 N–H and O–H groups in total. The van der Waals surface area contributed by atoms with Crippen molar-refractivity contribution in [2.75, 3.05) is 24.7 Å². The van der Waals surface area contributed by atoms with Crippen LogP contribution in [0.3, 0.4) is 0 Å². The number of hydrogen-bond acceptors (Lipinski definition) is 7. The van der Waals surface area contributed by atoms with Crippen LogP contribution in [0.5, 0.6) is 0 Å². The highest BCUT2D eigenvalue weighted by atomic mass is 19.3. The number of rotatable bonds is 5. The molecule has 0 saturated heterocycles. The maximum atomic E-state index is 12.8. The third kappa shape index (κ3) is 3.44. The molecule has 9 heteroatoms. The molecule has 0 saturated carbocycles. The van der Waals surface area contributed by atoms with E-state index in [1.54, 1.807) is 12.5 Å². The molecule has 0 radical (unpaired) electrons. The molecule has 0 fully saturated rings. The number of anilines is 1. The number of benzene rings is 1. The van der Waals surface area contributed by atoms with Crippen molar-refractivity contribution in [3.8, 4) is 11.1 Å². The van der Waals surface area contributed by atoms with E-state index < -0.39 is 6.08 Å². The second-order valence-corrected chi connectivity index (χ2v) is 6.47. The van der Waals surface area contributed by atoms with E-state index in [1.165, 1.54) is 11.4 Å². The van der Waals surface area contributed by atoms with Crippen molar-refractivity contribution in [2.24, 2.45) is 10.8 Å². The summed E-state index contributed by atoms with van der Waals surface area (Å²) in [5.74, 6) is 0.719. The smallest absolute Gasteiger partial charge is 0.272 e. The van der Waals surface area contributed by atoms with Crippen LogP contribution < -0.4 is 10.6 Å². The third-order valence-electron chi connectivity index (χ3n) is 4.54. The van der Waals surface area contributed by atoms with E-state index in [-0.39, 0.29) is 18.7 Å². The summed E-state index contributed by atoms with van der Waals surface area (Å²) in [6.07, 6.45) is 3.02. The number of nitrogens with two attached hydrogens (primary N) is 1. The van der Waals surface area contributed by atoms with Gasteiger partial charge in [0.1, 0.15) is 24.3 Å². The molecule has 0 bridgehead atoms. The lowest BCUT2D eigenvalue weighted by molar-refractivity contribution is 0.326. The van der Waals surface area contributed by atoms with E-state index in [2.05, 4.69) is 15.1 Å². The molecule has 0 unspecified atom stereocenters. The van der Waals surface area contributed by atoms with Gasteiger partial charge in [0.15, 0.2) is 12.0 Å². The monoisotopic (exact) mass is 384 g/mol. The van der Waals surface area contributed by atoms with Gasteiger partial charge in [-0.25, -0.2) is 9.97 Å². The molecule has 1 aliphatic heterocycles. The Bertz CT molecular complexity index is 1070. The number of halogens is 2. The zero-order valence-corrected chi connectivity index (χ0v) is 15.1. The Morgan fingerprint density at radius 2 is 2.07 bits per heavy atom. The first-order valence-corrected chi connectivity index (χ1v) is 8.64. The summed E-state index contributed by atoms with van der Waals surface area (Å²) in [5.41, 5.74) is 9.63. The normalized spacial score (nSPS) is 13.6. The molecular weight excluding hydrogens is 366 g/mol. The van der Waals surface area contributed by atoms with Crippen molar-refractivity contribution >= 4 is 23.3 Å². The molecule has 0 amide bonds. The minimum atomic E-state index is -1.75. The van der Waals surface area contributed by atoms with Crippen LogP contribution >= 0.6 is 0 Å². The Hall–Kier alpha value is -3.33. The maximum Gasteiger partial charge on any atom is 0.272 e. The summed E-state index contributed by atoms with van der Waals surface area (Å²) in [5, 5.41) is 5.69. The first-order valence-electron chi connectivity index (χ1n) is 8.64. The van der Waals surface area contributed by atoms with Crippen LogP contribution in [0.4, 0.5) is 14.6 Å². The van der Waals surface area contributed by atoms with Crippen LogP contribution in [-0.4, -0.2) is 41.1 Å². The highest BCUT2D eigenvalue weighted by molar-refractivity contribution is 5.83. The molecule has 28 heavy (non-hydrogen) atoms. The van der Waals surface area contributed by atoms with Crippen molar-refractivity contribution < 1.29 is 13.2 Å². The van der Waals surface area contributed by atoms with Gasteiger partial charge in [-0.15, -0.1) is 0 Å². The quantitative estimate of drug-likeness (QED) is 0.726. The largest absolute Gasteiger partial charge is 0.443 e. The lowest BCUT2D eigenvalue weighted by Gasteiger charge is -2.20. The molecule has 144 valence electrons. The van der Waals surface area contributed by atoms with Crippen molar-refractivity contribution in [2.45, 2.75) is 6.92 Å². The fourth-order valence-electron chi connectivity index (χ4n) is 3.08. The minimum Gasteiger partial charge on any atom is -0.443 e. The van der Waals surface area contributed by atoms with Gasteiger partial charge in [0.05, 0.1) is 6.54 Å². The Morgan fingerprint density at radius 1 is 1.21 bits per heavy atom. The minimum absolute atomic E-state index is 0.0132. The van der Waals surface area contributed by atoms with Crippen molar-refractivity contribution in [3.63, 3.8) is 0 Å². The van der Waals surface area contributed by atoms with Gasteiger partial charge in [0.2, 0.25) is 0 Å². The van der Waals surface area contributed by atoms with Gasteiger partial charge < -0.3 is 10.2 Å². The number of oxazole rings is 1. The fourth-order valence-corrected chi connectivity index (χ4v) is 3.08. The van der Waals surface area contributed by atoms with Gasteiger partial charge in [-0.1, -0.05) is 6.07 Å². The Labute approximate surface area is 159 Å². The molecule has 2 aromatic heterocycles. The molecule has 0 spiro atoms. The van der Waals surface area contributed by atoms with Gasteiger partial charge in [0.25, 0.3) is 6.08 Å². The summed E-state index contributed by atoms with van der Waals surface area (Å²) in [6.45, 7) is 2.06. The van der Waals surface area contributed by atoms with E-state index in [0.29, 0.717) is 6.67 Å². The average Bonchev–Trinajstić information content (AvgIpc) is 3.34. The molecule has 3 heterocycles. The zero-order valence-electron chi connectivity index (χ0n) is 15.1. The third-order valence-corrected chi connectivity index (χ3v) is 4.54. The Morgan fingerprint density at radius 3 is 2.82 bits per heavy atom. The number of hydrazone groups is 1. The SMILES string of the molecule is Cc1cc(-c2ccc3ocnc3c2)cnc1N1C=NN(CC(CN)=C(F)F)C1. The topological polar surface area (TPSA) is 83.8 Å². The number of nitrogens with zero attached hydrogens (tertiary/aromatic N) is 5. The molecule has 0 aliphatic carbocycles. The average molecular weight is 384 g/mol. The van der Waals surface area contributed by atoms with Crippen LogP contribution in [0.15, 0.2) is 58.0 Å².